The molecule has 0 bridgehead atoms. The summed E-state index contributed by atoms with van der Waals surface area (Å²) in [6, 6.07) is 5.42. The smallest absolute Gasteiger partial charge is 0.431 e. The van der Waals surface area contributed by atoms with Gasteiger partial charge in [-0.1, -0.05) is 0 Å². The van der Waals surface area contributed by atoms with Crippen LogP contribution in [0.2, 0.25) is 0 Å². The summed E-state index contributed by atoms with van der Waals surface area (Å²) >= 11 is 0. The Morgan fingerprint density at radius 1 is 1.07 bits per heavy atom. The van der Waals surface area contributed by atoms with Crippen molar-refractivity contribution in [3.05, 3.63) is 29.3 Å². The van der Waals surface area contributed by atoms with Crippen molar-refractivity contribution in [2.75, 3.05) is 6.54 Å². The molecule has 0 spiro atoms. The third kappa shape index (κ3) is 8.30. The molecule has 1 aromatic carbocycles. The Kier molecular flexibility index (Phi) is 9.40. The maximum atomic E-state index is 14.4. The number of fused-ring (bicyclic) bond motifs is 1. The first kappa shape index (κ1) is 31.6. The highest BCUT2D eigenvalue weighted by atomic mass is 19.1. The van der Waals surface area contributed by atoms with Gasteiger partial charge in [0.05, 0.1) is 0 Å². The van der Waals surface area contributed by atoms with Gasteiger partial charge in [0, 0.05) is 18.2 Å². The Labute approximate surface area is 236 Å². The van der Waals surface area contributed by atoms with E-state index in [1.54, 1.807) is 53.7 Å². The molecule has 1 amide bonds. The molecule has 1 aromatic rings. The first-order valence-electron chi connectivity index (χ1n) is 13.9. The Bertz CT molecular complexity index is 1090. The van der Waals surface area contributed by atoms with Gasteiger partial charge in [-0.05, 0) is 111 Å². The van der Waals surface area contributed by atoms with Gasteiger partial charge in [-0.25, -0.2) is 18.8 Å². The number of amides is 1. The number of esters is 1. The Morgan fingerprint density at radius 2 is 1.70 bits per heavy atom. The average Bonchev–Trinajstić information content (AvgIpc) is 2.86. The number of nitrogens with one attached hydrogen (secondary N) is 3. The predicted molar refractivity (Wildman–Crippen MR) is 149 cm³/mol. The molecule has 1 fully saturated rings. The van der Waals surface area contributed by atoms with E-state index in [0.29, 0.717) is 49.8 Å². The number of alkyl halides is 1. The molecule has 2 atom stereocenters. The number of nitrogens with two attached hydrogens (primary N) is 1. The number of carbonyl (C=O) groups excluding carboxylic acids is 2. The van der Waals surface area contributed by atoms with Crippen LogP contribution in [0.25, 0.3) is 0 Å². The molecule has 5 N–H and O–H groups in total. The number of hydrogen-bond donors (Lipinski definition) is 4. The van der Waals surface area contributed by atoms with E-state index in [-0.39, 0.29) is 18.4 Å². The number of hydrogen-bond acceptors (Lipinski definition) is 8. The standard InChI is InChI=1S/C29H45FN4O6/c1-26(2,3)38-24(35)28(7,40-34-25(36)39-27(4,5)6)22-11-9-18-16-19(8-10-21(18)37-22)23(32)33-20-12-14-29(30,17-31)15-13-20/h8,10,16,20,22H,9,11-15,17,31H2,1-7H3,(H2,32,33)(H,34,36)/t20?,22-,28+,29?/m1/s1. The van der Waals surface area contributed by atoms with E-state index >= 15 is 0 Å². The molecule has 11 heteroatoms. The van der Waals surface area contributed by atoms with Crippen molar-refractivity contribution in [2.45, 2.75) is 122 Å². The Balaban J connectivity index is 1.71. The fraction of sp³-hybridized carbons (Fsp3) is 0.690. The summed E-state index contributed by atoms with van der Waals surface area (Å²) < 4.78 is 31.5. The van der Waals surface area contributed by atoms with Crippen LogP contribution >= 0.6 is 0 Å². The molecule has 0 saturated heterocycles. The normalized spacial score (nSPS) is 24.5. The number of amidine groups is 1. The molecule has 1 aliphatic carbocycles. The lowest BCUT2D eigenvalue weighted by Crippen LogP contribution is -2.58. The summed E-state index contributed by atoms with van der Waals surface area (Å²) in [5.74, 6) is 0.121. The molecule has 0 radical (unpaired) electrons. The maximum Gasteiger partial charge on any atom is 0.431 e. The highest BCUT2D eigenvalue weighted by Crippen LogP contribution is 2.35. The molecule has 0 unspecified atom stereocenters. The van der Waals surface area contributed by atoms with Gasteiger partial charge in [0.1, 0.15) is 34.6 Å². The molecule has 1 aliphatic heterocycles. The van der Waals surface area contributed by atoms with Crippen LogP contribution in [0.5, 0.6) is 5.75 Å². The summed E-state index contributed by atoms with van der Waals surface area (Å²) in [4.78, 5) is 31.2. The van der Waals surface area contributed by atoms with E-state index in [0.717, 1.165) is 5.56 Å². The van der Waals surface area contributed by atoms with Crippen molar-refractivity contribution in [2.24, 2.45) is 5.73 Å². The zero-order chi connectivity index (χ0) is 29.9. The van der Waals surface area contributed by atoms with Crippen molar-refractivity contribution in [3.8, 4) is 5.75 Å². The average molecular weight is 565 g/mol. The molecule has 1 saturated carbocycles. The van der Waals surface area contributed by atoms with Crippen molar-refractivity contribution >= 4 is 17.9 Å². The molecule has 10 nitrogen and oxygen atoms in total. The van der Waals surface area contributed by atoms with Crippen molar-refractivity contribution < 1.29 is 33.0 Å². The zero-order valence-corrected chi connectivity index (χ0v) is 24.7. The van der Waals surface area contributed by atoms with Gasteiger partial charge >= 0.3 is 12.1 Å². The molecule has 3 rings (SSSR count). The Morgan fingerprint density at radius 3 is 2.27 bits per heavy atom. The largest absolute Gasteiger partial charge is 0.486 e. The van der Waals surface area contributed by atoms with Gasteiger partial charge < -0.3 is 25.3 Å². The number of hydroxylamine groups is 1. The molecule has 1 heterocycles. The van der Waals surface area contributed by atoms with Crippen LogP contribution in [-0.2, 0) is 25.5 Å². The molecule has 40 heavy (non-hydrogen) atoms. The number of carbonyl (C=O) groups is 2. The monoisotopic (exact) mass is 564 g/mol. The fourth-order valence-corrected chi connectivity index (χ4v) is 4.77. The minimum atomic E-state index is -1.68. The van der Waals surface area contributed by atoms with Gasteiger partial charge in [0.2, 0.25) is 5.60 Å². The lowest BCUT2D eigenvalue weighted by atomic mass is 9.83. The number of benzene rings is 1. The summed E-state index contributed by atoms with van der Waals surface area (Å²) in [5, 5.41) is 11.8. The molecule has 224 valence electrons. The lowest BCUT2D eigenvalue weighted by molar-refractivity contribution is -0.205. The highest BCUT2D eigenvalue weighted by molar-refractivity contribution is 5.97. The number of ether oxygens (including phenoxy) is 3. The topological polar surface area (TPSA) is 145 Å². The third-order valence-electron chi connectivity index (χ3n) is 7.05. The van der Waals surface area contributed by atoms with Crippen LogP contribution in [0, 0.1) is 5.41 Å². The first-order valence-corrected chi connectivity index (χ1v) is 13.9. The second kappa shape index (κ2) is 11.9. The van der Waals surface area contributed by atoms with Gasteiger partial charge in [0.25, 0.3) is 0 Å². The van der Waals surface area contributed by atoms with Gasteiger partial charge in [0.15, 0.2) is 0 Å². The van der Waals surface area contributed by atoms with Crippen LogP contribution in [0.3, 0.4) is 0 Å². The van der Waals surface area contributed by atoms with Gasteiger partial charge in [-0.15, -0.1) is 0 Å². The fourth-order valence-electron chi connectivity index (χ4n) is 4.77. The zero-order valence-electron chi connectivity index (χ0n) is 24.7. The van der Waals surface area contributed by atoms with E-state index in [1.165, 1.54) is 6.92 Å². The van der Waals surface area contributed by atoms with Crippen LogP contribution < -0.4 is 21.3 Å². The van der Waals surface area contributed by atoms with E-state index in [9.17, 15) is 14.0 Å². The lowest BCUT2D eigenvalue weighted by Gasteiger charge is -2.39. The van der Waals surface area contributed by atoms with E-state index in [1.807, 2.05) is 6.07 Å². The number of aryl methyl sites for hydroxylation is 1. The van der Waals surface area contributed by atoms with Gasteiger partial charge in [-0.2, -0.15) is 5.48 Å². The second-order valence-corrected chi connectivity index (χ2v) is 12.9. The van der Waals surface area contributed by atoms with Crippen molar-refractivity contribution in [1.82, 2.24) is 10.8 Å². The Hall–Kier alpha value is -2.92. The van der Waals surface area contributed by atoms with Gasteiger partial charge in [-0.3, -0.25) is 5.41 Å². The first-order chi connectivity index (χ1) is 18.4. The van der Waals surface area contributed by atoms with Crippen LogP contribution in [0.1, 0.15) is 91.7 Å². The quantitative estimate of drug-likeness (QED) is 0.164. The van der Waals surface area contributed by atoms with Crippen molar-refractivity contribution in [1.29, 1.82) is 5.41 Å². The molecule has 0 aromatic heterocycles. The molecular weight excluding hydrogens is 519 g/mol. The maximum absolute atomic E-state index is 14.4. The SMILES string of the molecule is CC(C)(C)OC(=O)NO[C@](C)(C(=O)OC(C)(C)C)[C@H]1CCc2cc(C(=N)NC3CCC(F)(CN)CC3)ccc2O1. The minimum absolute atomic E-state index is 0.0174. The van der Waals surface area contributed by atoms with Crippen LogP contribution in [0.15, 0.2) is 18.2 Å². The van der Waals surface area contributed by atoms with Crippen molar-refractivity contribution in [3.63, 3.8) is 0 Å². The summed E-state index contributed by atoms with van der Waals surface area (Å²) in [5.41, 5.74) is 4.83. The van der Waals surface area contributed by atoms with E-state index in [2.05, 4.69) is 10.8 Å². The van der Waals surface area contributed by atoms with Crippen LogP contribution in [0.4, 0.5) is 9.18 Å². The van der Waals surface area contributed by atoms with E-state index < -0.39 is 40.6 Å². The number of rotatable bonds is 7. The van der Waals surface area contributed by atoms with Crippen LogP contribution in [-0.4, -0.2) is 59.1 Å². The van der Waals surface area contributed by atoms with E-state index in [4.69, 9.17) is 30.2 Å². The summed E-state index contributed by atoms with van der Waals surface area (Å²) in [6.07, 6.45) is 1.32. The molecule has 2 aliphatic rings. The second-order valence-electron chi connectivity index (χ2n) is 12.9. The summed E-state index contributed by atoms with van der Waals surface area (Å²) in [6.45, 7) is 11.9. The number of halogens is 1. The highest BCUT2D eigenvalue weighted by Gasteiger charge is 2.50. The third-order valence-corrected chi connectivity index (χ3v) is 7.05. The predicted octanol–water partition coefficient (Wildman–Crippen LogP) is 4.46. The molecular formula is C29H45FN4O6. The minimum Gasteiger partial charge on any atom is -0.486 e. The summed E-state index contributed by atoms with van der Waals surface area (Å²) in [7, 11) is 0.